The van der Waals surface area contributed by atoms with Crippen molar-refractivity contribution < 1.29 is 17.9 Å². The van der Waals surface area contributed by atoms with E-state index in [2.05, 4.69) is 18.6 Å². The van der Waals surface area contributed by atoms with Crippen LogP contribution in [0.3, 0.4) is 0 Å². The lowest BCUT2D eigenvalue weighted by Gasteiger charge is -2.43. The molecule has 0 saturated heterocycles. The minimum atomic E-state index is -4.67. The maximum atomic E-state index is 12.3. The lowest BCUT2D eigenvalue weighted by atomic mass is 9.66. The number of benzene rings is 1. The van der Waals surface area contributed by atoms with Crippen LogP contribution in [0, 0.1) is 11.8 Å². The number of hydrogen-bond donors (Lipinski definition) is 1. The molecular weight excluding hydrogens is 267 g/mol. The summed E-state index contributed by atoms with van der Waals surface area (Å²) in [4.78, 5) is 0. The van der Waals surface area contributed by atoms with Crippen molar-refractivity contribution in [2.45, 2.75) is 45.0 Å². The second-order valence-electron chi connectivity index (χ2n) is 5.77. The highest BCUT2D eigenvalue weighted by Gasteiger charge is 2.40. The van der Waals surface area contributed by atoms with Crippen LogP contribution in [0.4, 0.5) is 13.2 Å². The van der Waals surface area contributed by atoms with Crippen LogP contribution >= 0.6 is 0 Å². The third-order valence-corrected chi connectivity index (χ3v) is 4.52. The van der Waals surface area contributed by atoms with Crippen LogP contribution in [0.2, 0.25) is 0 Å². The van der Waals surface area contributed by atoms with Crippen molar-refractivity contribution in [3.63, 3.8) is 0 Å². The Hall–Kier alpha value is -1.23. The van der Waals surface area contributed by atoms with Crippen LogP contribution in [0.15, 0.2) is 24.3 Å². The van der Waals surface area contributed by atoms with Gasteiger partial charge in [0.05, 0.1) is 0 Å². The molecule has 2 nitrogen and oxygen atoms in total. The number of hydrogen-bond acceptors (Lipinski definition) is 2. The van der Waals surface area contributed by atoms with Crippen molar-refractivity contribution in [3.05, 3.63) is 29.8 Å². The van der Waals surface area contributed by atoms with Crippen molar-refractivity contribution in [2.24, 2.45) is 17.6 Å². The van der Waals surface area contributed by atoms with Gasteiger partial charge in [-0.3, -0.25) is 0 Å². The van der Waals surface area contributed by atoms with E-state index in [0.717, 1.165) is 24.8 Å². The van der Waals surface area contributed by atoms with Crippen molar-refractivity contribution >= 4 is 0 Å². The highest BCUT2D eigenvalue weighted by molar-refractivity contribution is 5.34. The Balaban J connectivity index is 2.30. The van der Waals surface area contributed by atoms with E-state index in [0.29, 0.717) is 5.92 Å². The van der Waals surface area contributed by atoms with Gasteiger partial charge in [-0.15, -0.1) is 13.2 Å². The second-order valence-corrected chi connectivity index (χ2v) is 5.77. The van der Waals surface area contributed by atoms with E-state index in [1.807, 2.05) is 0 Å². The minimum Gasteiger partial charge on any atom is -0.406 e. The summed E-state index contributed by atoms with van der Waals surface area (Å²) in [6, 6.07) is 6.08. The Kier molecular flexibility index (Phi) is 4.00. The molecule has 0 bridgehead atoms. The molecule has 1 fully saturated rings. The number of nitrogens with two attached hydrogens (primary N) is 1. The molecule has 3 unspecified atom stereocenters. The van der Waals surface area contributed by atoms with Crippen molar-refractivity contribution in [1.29, 1.82) is 0 Å². The maximum absolute atomic E-state index is 12.3. The van der Waals surface area contributed by atoms with Crippen molar-refractivity contribution in [3.8, 4) is 5.75 Å². The van der Waals surface area contributed by atoms with Gasteiger partial charge in [-0.2, -0.15) is 0 Å². The first kappa shape index (κ1) is 15.2. The molecule has 0 heterocycles. The predicted octanol–water partition coefficient (Wildman–Crippen LogP) is 4.20. The third kappa shape index (κ3) is 3.08. The van der Waals surface area contributed by atoms with Gasteiger partial charge in [0.15, 0.2) is 0 Å². The largest absolute Gasteiger partial charge is 0.573 e. The zero-order valence-electron chi connectivity index (χ0n) is 11.7. The van der Waals surface area contributed by atoms with Gasteiger partial charge >= 0.3 is 6.36 Å². The first-order valence-corrected chi connectivity index (χ1v) is 6.87. The van der Waals surface area contributed by atoms with E-state index < -0.39 is 11.9 Å². The second kappa shape index (κ2) is 5.28. The predicted molar refractivity (Wildman–Crippen MR) is 71.2 cm³/mol. The molecule has 2 N–H and O–H groups in total. The van der Waals surface area contributed by atoms with E-state index in [1.54, 1.807) is 12.1 Å². The molecule has 1 aromatic carbocycles. The Morgan fingerprint density at radius 1 is 1.30 bits per heavy atom. The smallest absolute Gasteiger partial charge is 0.406 e. The fourth-order valence-corrected chi connectivity index (χ4v) is 3.09. The lowest BCUT2D eigenvalue weighted by molar-refractivity contribution is -0.274. The summed E-state index contributed by atoms with van der Waals surface area (Å²) >= 11 is 0. The normalized spacial score (nSPS) is 31.1. The molecule has 0 spiro atoms. The molecule has 1 saturated carbocycles. The van der Waals surface area contributed by atoms with E-state index in [-0.39, 0.29) is 11.7 Å². The minimum absolute atomic E-state index is 0.203. The molecule has 112 valence electrons. The highest BCUT2D eigenvalue weighted by atomic mass is 19.4. The summed E-state index contributed by atoms with van der Waals surface area (Å²) in [5, 5.41) is 0. The Labute approximate surface area is 117 Å². The van der Waals surface area contributed by atoms with Crippen LogP contribution in [0.5, 0.6) is 5.75 Å². The van der Waals surface area contributed by atoms with Gasteiger partial charge in [0.25, 0.3) is 0 Å². The third-order valence-electron chi connectivity index (χ3n) is 4.52. The van der Waals surface area contributed by atoms with E-state index >= 15 is 0 Å². The van der Waals surface area contributed by atoms with Gasteiger partial charge in [0, 0.05) is 5.54 Å². The van der Waals surface area contributed by atoms with Gasteiger partial charge < -0.3 is 10.5 Å². The molecule has 0 radical (unpaired) electrons. The number of rotatable bonds is 2. The summed E-state index contributed by atoms with van der Waals surface area (Å²) in [7, 11) is 0. The maximum Gasteiger partial charge on any atom is 0.573 e. The molecule has 2 rings (SSSR count). The summed E-state index contributed by atoms with van der Waals surface area (Å²) in [5.74, 6) is 0.476. The molecule has 1 aromatic rings. The average Bonchev–Trinajstić information content (AvgIpc) is 2.34. The topological polar surface area (TPSA) is 35.2 Å². The number of ether oxygens (including phenoxy) is 1. The van der Waals surface area contributed by atoms with Gasteiger partial charge in [-0.1, -0.05) is 38.8 Å². The van der Waals surface area contributed by atoms with E-state index in [9.17, 15) is 13.2 Å². The molecule has 5 heteroatoms. The fourth-order valence-electron chi connectivity index (χ4n) is 3.09. The van der Waals surface area contributed by atoms with Crippen LogP contribution in [-0.4, -0.2) is 6.36 Å². The van der Waals surface area contributed by atoms with E-state index in [1.165, 1.54) is 12.1 Å². The monoisotopic (exact) mass is 287 g/mol. The lowest BCUT2D eigenvalue weighted by Crippen LogP contribution is -2.48. The van der Waals surface area contributed by atoms with Gasteiger partial charge in [0.1, 0.15) is 5.75 Å². The molecule has 20 heavy (non-hydrogen) atoms. The quantitative estimate of drug-likeness (QED) is 0.885. The van der Waals surface area contributed by atoms with Gasteiger partial charge in [-0.05, 0) is 36.0 Å². The summed E-state index contributed by atoms with van der Waals surface area (Å²) in [6.07, 6.45) is -1.79. The standard InChI is InChI=1S/C15H20F3NO/c1-10-5-4-8-14(19,11(10)2)12-6-3-7-13(9-12)20-15(16,17)18/h3,6-7,9-11H,4-5,8,19H2,1-2H3. The van der Waals surface area contributed by atoms with Crippen LogP contribution in [0.25, 0.3) is 0 Å². The SMILES string of the molecule is CC1CCCC(N)(c2cccc(OC(F)(F)F)c2)C1C. The Bertz CT molecular complexity index is 474. The van der Waals surface area contributed by atoms with Crippen molar-refractivity contribution in [1.82, 2.24) is 0 Å². The van der Waals surface area contributed by atoms with Crippen molar-refractivity contribution in [2.75, 3.05) is 0 Å². The van der Waals surface area contributed by atoms with Gasteiger partial charge in [0.2, 0.25) is 0 Å². The summed E-state index contributed by atoms with van der Waals surface area (Å²) < 4.78 is 40.9. The Morgan fingerprint density at radius 3 is 2.65 bits per heavy atom. The number of halogens is 3. The number of alkyl halides is 3. The zero-order valence-corrected chi connectivity index (χ0v) is 11.7. The summed E-state index contributed by atoms with van der Waals surface area (Å²) in [6.45, 7) is 4.21. The summed E-state index contributed by atoms with van der Waals surface area (Å²) in [5.41, 5.74) is 6.65. The van der Waals surface area contributed by atoms with E-state index in [4.69, 9.17) is 5.73 Å². The fraction of sp³-hybridized carbons (Fsp3) is 0.600. The molecule has 1 aliphatic carbocycles. The van der Waals surface area contributed by atoms with Crippen LogP contribution < -0.4 is 10.5 Å². The average molecular weight is 287 g/mol. The molecule has 1 aliphatic rings. The molecule has 0 aromatic heterocycles. The molecule has 3 atom stereocenters. The van der Waals surface area contributed by atoms with Crippen LogP contribution in [0.1, 0.15) is 38.7 Å². The molecule has 0 amide bonds. The van der Waals surface area contributed by atoms with Gasteiger partial charge in [-0.25, -0.2) is 0 Å². The van der Waals surface area contributed by atoms with Crippen LogP contribution in [-0.2, 0) is 5.54 Å². The molecular formula is C15H20F3NO. The highest BCUT2D eigenvalue weighted by Crippen LogP contribution is 2.43. The first-order valence-electron chi connectivity index (χ1n) is 6.87. The first-order chi connectivity index (χ1) is 9.22. The molecule has 0 aliphatic heterocycles. The zero-order chi connectivity index (χ0) is 15.0. The Morgan fingerprint density at radius 2 is 2.00 bits per heavy atom.